The van der Waals surface area contributed by atoms with Gasteiger partial charge in [-0.25, -0.2) is 4.79 Å². The van der Waals surface area contributed by atoms with Crippen LogP contribution in [0, 0.1) is 5.92 Å². The molecule has 2 aliphatic heterocycles. The lowest BCUT2D eigenvalue weighted by Gasteiger charge is -2.31. The maximum absolute atomic E-state index is 12.6. The van der Waals surface area contributed by atoms with E-state index in [1.54, 1.807) is 0 Å². The molecule has 1 atom stereocenters. The summed E-state index contributed by atoms with van der Waals surface area (Å²) in [5, 5.41) is 6.04. The molecule has 2 N–H and O–H groups in total. The van der Waals surface area contributed by atoms with Crippen molar-refractivity contribution in [2.75, 3.05) is 51.1 Å². The lowest BCUT2D eigenvalue weighted by molar-refractivity contribution is -0.121. The van der Waals surface area contributed by atoms with Gasteiger partial charge in [-0.05, 0) is 95.1 Å². The Morgan fingerprint density at radius 3 is 2.34 bits per heavy atom. The van der Waals surface area contributed by atoms with Crippen molar-refractivity contribution < 1.29 is 14.3 Å². The van der Waals surface area contributed by atoms with Crippen molar-refractivity contribution >= 4 is 17.7 Å². The third-order valence-electron chi connectivity index (χ3n) is 8.52. The molecule has 2 aliphatic rings. The lowest BCUT2D eigenvalue weighted by Crippen LogP contribution is -2.39. The Hall–Kier alpha value is -2.90. The number of carbonyl (C=O) groups is 2. The van der Waals surface area contributed by atoms with Crippen LogP contribution in [0.5, 0.6) is 0 Å². The van der Waals surface area contributed by atoms with E-state index >= 15 is 0 Å². The van der Waals surface area contributed by atoms with Gasteiger partial charge in [0.2, 0.25) is 5.91 Å². The highest BCUT2D eigenvalue weighted by Crippen LogP contribution is 2.28. The molecule has 41 heavy (non-hydrogen) atoms. The second-order valence-electron chi connectivity index (χ2n) is 11.9. The minimum absolute atomic E-state index is 0.0821. The second-order valence-corrected chi connectivity index (χ2v) is 11.9. The van der Waals surface area contributed by atoms with Crippen LogP contribution in [-0.4, -0.2) is 73.7 Å². The van der Waals surface area contributed by atoms with Gasteiger partial charge in [-0.2, -0.15) is 0 Å². The minimum Gasteiger partial charge on any atom is -0.446 e. The number of benzene rings is 2. The number of hydrogen-bond acceptors (Lipinski definition) is 5. The van der Waals surface area contributed by atoms with Gasteiger partial charge in [0.05, 0.1) is 5.69 Å². The highest BCUT2D eigenvalue weighted by molar-refractivity contribution is 5.91. The summed E-state index contributed by atoms with van der Waals surface area (Å²) in [5.41, 5.74) is 2.78. The minimum atomic E-state index is -0.403. The standard InChI is InChI=1S/C34H50N4O3/c1-28-12-10-23-37(25-18-28)22-9-3-8-21-35-33(39)17-11-24-38-26-19-30(20-27-38)41-34(40)36-32-16-7-6-15-31(32)29-13-4-2-5-14-29/h2,4-7,13-16,28,30H,3,8-12,17-27H2,1H3,(H,35,39)(H,36,40). The molecule has 2 heterocycles. The summed E-state index contributed by atoms with van der Waals surface area (Å²) in [5.74, 6) is 1.04. The first-order valence-electron chi connectivity index (χ1n) is 15.9. The van der Waals surface area contributed by atoms with Crippen molar-refractivity contribution in [2.45, 2.75) is 77.2 Å². The molecule has 4 rings (SSSR count). The number of para-hydroxylation sites is 1. The normalized spacial score (nSPS) is 18.9. The van der Waals surface area contributed by atoms with Crippen LogP contribution in [0.4, 0.5) is 10.5 Å². The van der Waals surface area contributed by atoms with E-state index in [0.717, 1.165) is 74.6 Å². The van der Waals surface area contributed by atoms with E-state index < -0.39 is 6.09 Å². The Labute approximate surface area is 247 Å². The summed E-state index contributed by atoms with van der Waals surface area (Å²) in [4.78, 5) is 29.9. The summed E-state index contributed by atoms with van der Waals surface area (Å²) >= 11 is 0. The number of rotatable bonds is 13. The van der Waals surface area contributed by atoms with Crippen LogP contribution in [0.1, 0.15) is 71.1 Å². The van der Waals surface area contributed by atoms with Gasteiger partial charge in [0, 0.05) is 31.6 Å². The molecule has 2 saturated heterocycles. The number of likely N-dealkylation sites (tertiary alicyclic amines) is 2. The highest BCUT2D eigenvalue weighted by atomic mass is 16.6. The SMILES string of the molecule is CC1CCCN(CCCCCNC(=O)CCCN2CCC(OC(=O)Nc3ccccc3-c3ccccc3)CC2)CC1. The fourth-order valence-electron chi connectivity index (χ4n) is 5.97. The molecule has 0 saturated carbocycles. The van der Waals surface area contributed by atoms with Crippen LogP contribution in [0.3, 0.4) is 0 Å². The molecule has 7 nitrogen and oxygen atoms in total. The number of ether oxygens (including phenoxy) is 1. The predicted octanol–water partition coefficient (Wildman–Crippen LogP) is 6.56. The Morgan fingerprint density at radius 1 is 0.805 bits per heavy atom. The molecule has 7 heteroatoms. The molecule has 0 aliphatic carbocycles. The maximum atomic E-state index is 12.6. The Morgan fingerprint density at radius 2 is 1.51 bits per heavy atom. The van der Waals surface area contributed by atoms with Crippen LogP contribution in [0.15, 0.2) is 54.6 Å². The van der Waals surface area contributed by atoms with E-state index in [4.69, 9.17) is 4.74 Å². The monoisotopic (exact) mass is 562 g/mol. The van der Waals surface area contributed by atoms with Crippen molar-refractivity contribution in [3.63, 3.8) is 0 Å². The zero-order valence-corrected chi connectivity index (χ0v) is 25.0. The van der Waals surface area contributed by atoms with Crippen molar-refractivity contribution in [3.05, 3.63) is 54.6 Å². The summed E-state index contributed by atoms with van der Waals surface area (Å²) in [7, 11) is 0. The molecule has 0 aromatic heterocycles. The van der Waals surface area contributed by atoms with E-state index in [2.05, 4.69) is 27.4 Å². The van der Waals surface area contributed by atoms with E-state index in [1.807, 2.05) is 54.6 Å². The summed E-state index contributed by atoms with van der Waals surface area (Å²) < 4.78 is 5.75. The van der Waals surface area contributed by atoms with Crippen LogP contribution in [0.25, 0.3) is 11.1 Å². The van der Waals surface area contributed by atoms with Gasteiger partial charge in [0.1, 0.15) is 6.10 Å². The number of hydrogen-bond donors (Lipinski definition) is 2. The lowest BCUT2D eigenvalue weighted by atomic mass is 10.0. The average molecular weight is 563 g/mol. The van der Waals surface area contributed by atoms with Gasteiger partial charge in [-0.15, -0.1) is 0 Å². The fraction of sp³-hybridized carbons (Fsp3) is 0.588. The first kappa shape index (κ1) is 31.0. The Balaban J connectivity index is 1.03. The van der Waals surface area contributed by atoms with E-state index in [-0.39, 0.29) is 12.0 Å². The largest absolute Gasteiger partial charge is 0.446 e. The fourth-order valence-corrected chi connectivity index (χ4v) is 5.97. The molecule has 0 spiro atoms. The quantitative estimate of drug-likeness (QED) is 0.271. The molecule has 2 amide bonds. The van der Waals surface area contributed by atoms with Crippen molar-refractivity contribution in [1.82, 2.24) is 15.1 Å². The predicted molar refractivity (Wildman–Crippen MR) is 167 cm³/mol. The molecule has 2 fully saturated rings. The topological polar surface area (TPSA) is 73.9 Å². The molecular formula is C34H50N4O3. The smallest absolute Gasteiger partial charge is 0.411 e. The van der Waals surface area contributed by atoms with Gasteiger partial charge >= 0.3 is 6.09 Å². The van der Waals surface area contributed by atoms with Gasteiger partial charge in [0.25, 0.3) is 0 Å². The Kier molecular flexibility index (Phi) is 13.0. The zero-order chi connectivity index (χ0) is 28.7. The molecule has 2 aromatic carbocycles. The van der Waals surface area contributed by atoms with Crippen LogP contribution in [0.2, 0.25) is 0 Å². The molecule has 1 unspecified atom stereocenters. The first-order valence-corrected chi connectivity index (χ1v) is 15.9. The molecule has 2 aromatic rings. The maximum Gasteiger partial charge on any atom is 0.411 e. The molecule has 0 radical (unpaired) electrons. The van der Waals surface area contributed by atoms with Gasteiger partial charge in [-0.1, -0.05) is 61.9 Å². The highest BCUT2D eigenvalue weighted by Gasteiger charge is 2.23. The molecular weight excluding hydrogens is 512 g/mol. The number of carbonyl (C=O) groups excluding carboxylic acids is 2. The van der Waals surface area contributed by atoms with Crippen molar-refractivity contribution in [2.24, 2.45) is 5.92 Å². The summed E-state index contributed by atoms with van der Waals surface area (Å²) in [6.07, 6.45) is 10.1. The number of piperidine rings is 1. The summed E-state index contributed by atoms with van der Waals surface area (Å²) in [6.45, 7) is 9.55. The number of nitrogens with zero attached hydrogens (tertiary/aromatic N) is 2. The van der Waals surface area contributed by atoms with E-state index in [0.29, 0.717) is 6.42 Å². The van der Waals surface area contributed by atoms with Crippen molar-refractivity contribution in [3.8, 4) is 11.1 Å². The molecule has 0 bridgehead atoms. The number of unbranched alkanes of at least 4 members (excludes halogenated alkanes) is 2. The van der Waals surface area contributed by atoms with Gasteiger partial charge < -0.3 is 19.9 Å². The zero-order valence-electron chi connectivity index (χ0n) is 25.0. The van der Waals surface area contributed by atoms with Gasteiger partial charge in [-0.3, -0.25) is 10.1 Å². The summed E-state index contributed by atoms with van der Waals surface area (Å²) in [6, 6.07) is 17.8. The van der Waals surface area contributed by atoms with E-state index in [1.165, 1.54) is 51.7 Å². The first-order chi connectivity index (χ1) is 20.1. The van der Waals surface area contributed by atoms with Crippen LogP contribution >= 0.6 is 0 Å². The number of amides is 2. The number of anilines is 1. The van der Waals surface area contributed by atoms with Crippen molar-refractivity contribution in [1.29, 1.82) is 0 Å². The second kappa shape index (κ2) is 17.1. The molecule has 224 valence electrons. The van der Waals surface area contributed by atoms with Crippen LogP contribution < -0.4 is 10.6 Å². The average Bonchev–Trinajstić information content (AvgIpc) is 3.20. The van der Waals surface area contributed by atoms with Crippen LogP contribution in [-0.2, 0) is 9.53 Å². The van der Waals surface area contributed by atoms with E-state index in [9.17, 15) is 9.59 Å². The number of nitrogens with one attached hydrogen (secondary N) is 2. The Bertz CT molecular complexity index is 1050. The van der Waals surface area contributed by atoms with Gasteiger partial charge in [0.15, 0.2) is 0 Å². The third kappa shape index (κ3) is 11.1. The third-order valence-corrected chi connectivity index (χ3v) is 8.52.